The van der Waals surface area contributed by atoms with E-state index in [1.807, 2.05) is 0 Å². The molecule has 0 atom stereocenters. The highest BCUT2D eigenvalue weighted by atomic mass is 15.1. The molecule has 10 rings (SSSR count). The molecule has 1 aromatic heterocycles. The first-order valence-corrected chi connectivity index (χ1v) is 18.4. The monoisotopic (exact) mass is 666 g/mol. The third-order valence-electron chi connectivity index (χ3n) is 11.4. The van der Waals surface area contributed by atoms with Crippen LogP contribution in [0.1, 0.15) is 37.7 Å². The molecule has 0 fully saturated rings. The van der Waals surface area contributed by atoms with Crippen molar-refractivity contribution in [3.8, 4) is 50.2 Å². The van der Waals surface area contributed by atoms with Crippen LogP contribution in [0.5, 0.6) is 0 Å². The van der Waals surface area contributed by atoms with Gasteiger partial charge < -0.3 is 0 Å². The lowest BCUT2D eigenvalue weighted by Crippen LogP contribution is -2.14. The van der Waals surface area contributed by atoms with Gasteiger partial charge in [0.1, 0.15) is 5.82 Å². The zero-order valence-corrected chi connectivity index (χ0v) is 29.7. The van der Waals surface area contributed by atoms with E-state index < -0.39 is 0 Å². The first kappa shape index (κ1) is 30.6. The van der Waals surface area contributed by atoms with E-state index in [1.54, 1.807) is 0 Å². The van der Waals surface area contributed by atoms with Crippen LogP contribution < -0.4 is 0 Å². The normalized spacial score (nSPS) is 13.1. The van der Waals surface area contributed by atoms with Crippen molar-refractivity contribution in [3.63, 3.8) is 0 Å². The van der Waals surface area contributed by atoms with Crippen LogP contribution in [0.2, 0.25) is 0 Å². The van der Waals surface area contributed by atoms with E-state index in [0.29, 0.717) is 0 Å². The van der Waals surface area contributed by atoms with Gasteiger partial charge in [-0.15, -0.1) is 0 Å². The summed E-state index contributed by atoms with van der Waals surface area (Å²) in [6.45, 7) is 6.91. The Kier molecular flexibility index (Phi) is 6.85. The van der Waals surface area contributed by atoms with Crippen LogP contribution in [-0.4, -0.2) is 9.55 Å². The van der Waals surface area contributed by atoms with E-state index in [9.17, 15) is 0 Å². The van der Waals surface area contributed by atoms with E-state index >= 15 is 0 Å². The molecule has 0 spiro atoms. The van der Waals surface area contributed by atoms with Crippen LogP contribution in [0.3, 0.4) is 0 Å². The molecule has 0 saturated heterocycles. The van der Waals surface area contributed by atoms with Crippen molar-refractivity contribution in [3.05, 3.63) is 181 Å². The third-order valence-corrected chi connectivity index (χ3v) is 11.4. The maximum absolute atomic E-state index is 4.96. The zero-order valence-electron chi connectivity index (χ0n) is 29.7. The number of fused-ring (bicyclic) bond motifs is 6. The largest absolute Gasteiger partial charge is 0.296 e. The lowest BCUT2D eigenvalue weighted by molar-refractivity contribution is 0.660. The van der Waals surface area contributed by atoms with Gasteiger partial charge in [0.2, 0.25) is 0 Å². The molecule has 0 bridgehead atoms. The molecule has 0 N–H and O–H groups in total. The number of hydrogen-bond donors (Lipinski definition) is 0. The van der Waals surface area contributed by atoms with Gasteiger partial charge in [0.25, 0.3) is 0 Å². The Hall–Kier alpha value is -6.25. The molecule has 0 amide bonds. The summed E-state index contributed by atoms with van der Waals surface area (Å²) in [7, 11) is 0. The Bertz CT molecular complexity index is 2840. The molecule has 1 heterocycles. The molecule has 9 aromatic rings. The smallest absolute Gasteiger partial charge is 0.114 e. The Morgan fingerprint density at radius 3 is 1.92 bits per heavy atom. The molecular formula is C50H38N2. The second kappa shape index (κ2) is 11.6. The van der Waals surface area contributed by atoms with Crippen LogP contribution in [-0.2, 0) is 11.8 Å². The van der Waals surface area contributed by atoms with Crippen molar-refractivity contribution in [1.29, 1.82) is 0 Å². The van der Waals surface area contributed by atoms with Gasteiger partial charge in [0, 0.05) is 17.5 Å². The summed E-state index contributed by atoms with van der Waals surface area (Å²) in [4.78, 5) is 4.96. The van der Waals surface area contributed by atoms with Crippen molar-refractivity contribution in [2.45, 2.75) is 32.6 Å². The number of nitrogens with zero attached hydrogens (tertiary/aromatic N) is 2. The van der Waals surface area contributed by atoms with Crippen LogP contribution in [0.4, 0.5) is 0 Å². The minimum Gasteiger partial charge on any atom is -0.296 e. The van der Waals surface area contributed by atoms with Crippen LogP contribution >= 0.6 is 0 Å². The molecule has 8 aromatic carbocycles. The maximum atomic E-state index is 4.96. The van der Waals surface area contributed by atoms with E-state index in [0.717, 1.165) is 29.0 Å². The first-order valence-electron chi connectivity index (χ1n) is 18.4. The second-order valence-corrected chi connectivity index (χ2v) is 14.6. The second-order valence-electron chi connectivity index (χ2n) is 14.6. The van der Waals surface area contributed by atoms with Crippen molar-refractivity contribution in [2.24, 2.45) is 0 Å². The van der Waals surface area contributed by atoms with E-state index in [2.05, 4.69) is 189 Å². The number of hydrogen-bond acceptors (Lipinski definition) is 1. The highest BCUT2D eigenvalue weighted by molar-refractivity contribution is 6.23. The summed E-state index contributed by atoms with van der Waals surface area (Å²) < 4.78 is 2.31. The lowest BCUT2D eigenvalue weighted by Gasteiger charge is -2.23. The van der Waals surface area contributed by atoms with Gasteiger partial charge in [-0.1, -0.05) is 154 Å². The SMILES string of the molecule is CCc1nc2ccccc2n1-c1ccc(-c2c3ccccc3c(-c3cccc4c3-c3ccccc3C4(C)C)c3ccc(-c4ccccc4)cc23)cc1. The minimum absolute atomic E-state index is 0.0755. The van der Waals surface area contributed by atoms with Crippen molar-refractivity contribution < 1.29 is 0 Å². The van der Waals surface area contributed by atoms with Crippen molar-refractivity contribution >= 4 is 32.6 Å². The molecule has 248 valence electrons. The zero-order chi connectivity index (χ0) is 35.0. The molecule has 0 radical (unpaired) electrons. The number of rotatable bonds is 5. The number of aromatic nitrogens is 2. The quantitative estimate of drug-likeness (QED) is 0.167. The maximum Gasteiger partial charge on any atom is 0.114 e. The minimum atomic E-state index is -0.0755. The fraction of sp³-hybridized carbons (Fsp3) is 0.100. The fourth-order valence-electron chi connectivity index (χ4n) is 8.93. The average Bonchev–Trinajstić information content (AvgIpc) is 3.69. The van der Waals surface area contributed by atoms with E-state index in [1.165, 1.54) is 77.2 Å². The number of para-hydroxylation sites is 2. The molecule has 0 saturated carbocycles. The summed E-state index contributed by atoms with van der Waals surface area (Å²) in [6, 6.07) is 60.4. The van der Waals surface area contributed by atoms with Crippen LogP contribution in [0.15, 0.2) is 164 Å². The number of aryl methyl sites for hydroxylation is 1. The summed E-state index contributed by atoms with van der Waals surface area (Å²) >= 11 is 0. The molecular weight excluding hydrogens is 629 g/mol. The Morgan fingerprint density at radius 1 is 0.481 bits per heavy atom. The summed E-state index contributed by atoms with van der Waals surface area (Å²) in [5.74, 6) is 1.07. The van der Waals surface area contributed by atoms with Crippen LogP contribution in [0.25, 0.3) is 82.8 Å². The molecule has 0 unspecified atom stereocenters. The lowest BCUT2D eigenvalue weighted by atomic mass is 9.80. The van der Waals surface area contributed by atoms with E-state index in [4.69, 9.17) is 4.98 Å². The highest BCUT2D eigenvalue weighted by Gasteiger charge is 2.37. The first-order chi connectivity index (χ1) is 25.5. The number of benzene rings is 8. The molecule has 2 nitrogen and oxygen atoms in total. The van der Waals surface area contributed by atoms with Gasteiger partial charge in [0.15, 0.2) is 0 Å². The predicted molar refractivity (Wildman–Crippen MR) is 219 cm³/mol. The Balaban J connectivity index is 1.27. The fourth-order valence-corrected chi connectivity index (χ4v) is 8.93. The predicted octanol–water partition coefficient (Wildman–Crippen LogP) is 13.2. The van der Waals surface area contributed by atoms with Gasteiger partial charge in [-0.3, -0.25) is 4.57 Å². The standard InChI is InChI=1S/C50H38N2/c1-4-46-51-44-23-12-13-24-45(44)52(46)35-28-25-33(26-29-35)47-36-17-8-9-18-37(36)48(38-30-27-34(31-41(38)47)32-15-6-5-7-16-32)40-20-14-22-43-49(40)39-19-10-11-21-42(39)50(43,2)3/h5-31H,4H2,1-3H3. The number of imidazole rings is 1. The molecule has 1 aliphatic carbocycles. The van der Waals surface area contributed by atoms with Gasteiger partial charge in [-0.2, -0.15) is 0 Å². The third kappa shape index (κ3) is 4.47. The summed E-state index contributed by atoms with van der Waals surface area (Å²) in [6.07, 6.45) is 0.861. The average molecular weight is 667 g/mol. The van der Waals surface area contributed by atoms with Gasteiger partial charge in [0.05, 0.1) is 11.0 Å². The van der Waals surface area contributed by atoms with Gasteiger partial charge in [-0.25, -0.2) is 4.98 Å². The molecule has 1 aliphatic rings. The Labute approximate surface area is 304 Å². The van der Waals surface area contributed by atoms with Crippen molar-refractivity contribution in [2.75, 3.05) is 0 Å². The molecule has 52 heavy (non-hydrogen) atoms. The highest BCUT2D eigenvalue weighted by Crippen LogP contribution is 2.54. The summed E-state index contributed by atoms with van der Waals surface area (Å²) in [5.41, 5.74) is 16.2. The Morgan fingerprint density at radius 2 is 1.12 bits per heavy atom. The topological polar surface area (TPSA) is 17.8 Å². The molecule has 2 heteroatoms. The van der Waals surface area contributed by atoms with E-state index in [-0.39, 0.29) is 5.41 Å². The van der Waals surface area contributed by atoms with Gasteiger partial charge in [-0.05, 0) is 108 Å². The molecule has 0 aliphatic heterocycles. The van der Waals surface area contributed by atoms with Gasteiger partial charge >= 0.3 is 0 Å². The van der Waals surface area contributed by atoms with Crippen LogP contribution in [0, 0.1) is 0 Å². The summed E-state index contributed by atoms with van der Waals surface area (Å²) in [5, 5.41) is 5.05. The van der Waals surface area contributed by atoms with Crippen molar-refractivity contribution in [1.82, 2.24) is 9.55 Å².